The number of hydrogen-bond acceptors (Lipinski definition) is 4. The van der Waals surface area contributed by atoms with Crippen LogP contribution < -0.4 is 0 Å². The first kappa shape index (κ1) is 17.0. The summed E-state index contributed by atoms with van der Waals surface area (Å²) in [6, 6.07) is 0.247. The van der Waals surface area contributed by atoms with E-state index in [1.807, 2.05) is 23.6 Å². The highest BCUT2D eigenvalue weighted by atomic mass is 16.3. The van der Waals surface area contributed by atoms with Gasteiger partial charge in [0.15, 0.2) is 0 Å². The lowest BCUT2D eigenvalue weighted by atomic mass is 10.2. The van der Waals surface area contributed by atoms with Crippen LogP contribution in [0.25, 0.3) is 0 Å². The lowest BCUT2D eigenvalue weighted by Gasteiger charge is -2.36. The number of carbonyl (C=O) groups excluding carboxylic acids is 1. The molecular formula is C15H27N3O2. The fourth-order valence-electron chi connectivity index (χ4n) is 2.36. The summed E-state index contributed by atoms with van der Waals surface area (Å²) in [6.45, 7) is 10.5. The van der Waals surface area contributed by atoms with Gasteiger partial charge in [-0.3, -0.25) is 14.6 Å². The van der Waals surface area contributed by atoms with Crippen LogP contribution in [0, 0.1) is 12.3 Å². The molecule has 1 atom stereocenters. The van der Waals surface area contributed by atoms with E-state index >= 15 is 0 Å². The van der Waals surface area contributed by atoms with Crippen molar-refractivity contribution in [2.24, 2.45) is 0 Å². The second kappa shape index (κ2) is 8.25. The van der Waals surface area contributed by atoms with Crippen LogP contribution in [0.1, 0.15) is 20.8 Å². The second-order valence-electron chi connectivity index (χ2n) is 5.73. The van der Waals surface area contributed by atoms with E-state index in [1.165, 1.54) is 0 Å². The average Bonchev–Trinajstić information content (AvgIpc) is 2.38. The lowest BCUT2D eigenvalue weighted by Crippen LogP contribution is -2.52. The molecule has 0 aliphatic carbocycles. The zero-order chi connectivity index (χ0) is 15.1. The van der Waals surface area contributed by atoms with Crippen molar-refractivity contribution >= 4 is 5.91 Å². The highest BCUT2D eigenvalue weighted by molar-refractivity contribution is 5.78. The van der Waals surface area contributed by atoms with E-state index in [2.05, 4.69) is 10.8 Å². The Morgan fingerprint density at radius 3 is 2.35 bits per heavy atom. The number of hydrogen-bond donors (Lipinski definition) is 1. The van der Waals surface area contributed by atoms with Crippen LogP contribution in [0.4, 0.5) is 0 Å². The van der Waals surface area contributed by atoms with Gasteiger partial charge in [0.05, 0.1) is 19.2 Å². The number of aliphatic hydroxyl groups excluding tert-OH is 1. The smallest absolute Gasteiger partial charge is 0.236 e. The molecule has 1 saturated heterocycles. The van der Waals surface area contributed by atoms with Gasteiger partial charge >= 0.3 is 0 Å². The Hall–Kier alpha value is -1.09. The Labute approximate surface area is 122 Å². The van der Waals surface area contributed by atoms with Crippen molar-refractivity contribution in [1.29, 1.82) is 0 Å². The number of piperazine rings is 1. The molecule has 1 amide bonds. The molecule has 0 saturated carbocycles. The fraction of sp³-hybridized carbons (Fsp3) is 0.800. The maximum absolute atomic E-state index is 12.3. The summed E-state index contributed by atoms with van der Waals surface area (Å²) >= 11 is 0. The van der Waals surface area contributed by atoms with Crippen LogP contribution in [0.2, 0.25) is 0 Å². The SMILES string of the molecule is C#CCN1CCN(C(=O)CN(CC(C)O)C(C)C)CC1. The van der Waals surface area contributed by atoms with Gasteiger partial charge in [0, 0.05) is 38.8 Å². The van der Waals surface area contributed by atoms with Gasteiger partial charge in [0.2, 0.25) is 5.91 Å². The Kier molecular flexibility index (Phi) is 7.00. The van der Waals surface area contributed by atoms with Gasteiger partial charge < -0.3 is 10.0 Å². The Bertz CT molecular complexity index is 342. The summed E-state index contributed by atoms with van der Waals surface area (Å²) < 4.78 is 0. The van der Waals surface area contributed by atoms with E-state index in [0.717, 1.165) is 26.2 Å². The minimum Gasteiger partial charge on any atom is -0.392 e. The normalized spacial score (nSPS) is 18.4. The summed E-state index contributed by atoms with van der Waals surface area (Å²) in [5, 5.41) is 9.50. The first-order valence-electron chi connectivity index (χ1n) is 7.29. The summed E-state index contributed by atoms with van der Waals surface area (Å²) in [6.07, 6.45) is 4.88. The first-order chi connectivity index (χ1) is 9.43. The van der Waals surface area contributed by atoms with Crippen LogP contribution in [0.5, 0.6) is 0 Å². The molecule has 1 unspecified atom stereocenters. The molecule has 5 nitrogen and oxygen atoms in total. The van der Waals surface area contributed by atoms with Crippen LogP contribution in [-0.4, -0.2) is 83.7 Å². The Morgan fingerprint density at radius 2 is 1.90 bits per heavy atom. The largest absolute Gasteiger partial charge is 0.392 e. The minimum atomic E-state index is -0.419. The van der Waals surface area contributed by atoms with Crippen molar-refractivity contribution in [3.8, 4) is 12.3 Å². The molecule has 114 valence electrons. The van der Waals surface area contributed by atoms with E-state index in [1.54, 1.807) is 6.92 Å². The van der Waals surface area contributed by atoms with Crippen molar-refractivity contribution in [2.45, 2.75) is 32.9 Å². The van der Waals surface area contributed by atoms with Gasteiger partial charge in [0.1, 0.15) is 0 Å². The monoisotopic (exact) mass is 281 g/mol. The third-order valence-electron chi connectivity index (χ3n) is 3.61. The summed E-state index contributed by atoms with van der Waals surface area (Å²) in [5.41, 5.74) is 0. The molecule has 0 spiro atoms. The molecular weight excluding hydrogens is 254 g/mol. The number of carbonyl (C=O) groups is 1. The quantitative estimate of drug-likeness (QED) is 0.688. The molecule has 1 fully saturated rings. The average molecular weight is 281 g/mol. The van der Waals surface area contributed by atoms with Gasteiger partial charge in [-0.25, -0.2) is 0 Å². The topological polar surface area (TPSA) is 47.0 Å². The van der Waals surface area contributed by atoms with Gasteiger partial charge in [0.25, 0.3) is 0 Å². The number of amides is 1. The number of terminal acetylenes is 1. The minimum absolute atomic E-state index is 0.139. The highest BCUT2D eigenvalue weighted by Gasteiger charge is 2.23. The molecule has 1 aliphatic heterocycles. The van der Waals surface area contributed by atoms with Gasteiger partial charge in [-0.05, 0) is 20.8 Å². The van der Waals surface area contributed by atoms with Crippen molar-refractivity contribution in [2.75, 3.05) is 45.8 Å². The van der Waals surface area contributed by atoms with Crippen LogP contribution in [0.3, 0.4) is 0 Å². The summed E-state index contributed by atoms with van der Waals surface area (Å²) in [5.74, 6) is 2.78. The number of nitrogens with zero attached hydrogens (tertiary/aromatic N) is 3. The summed E-state index contributed by atoms with van der Waals surface area (Å²) in [4.78, 5) is 18.4. The Morgan fingerprint density at radius 1 is 1.30 bits per heavy atom. The van der Waals surface area contributed by atoms with Gasteiger partial charge in [-0.2, -0.15) is 0 Å². The highest BCUT2D eigenvalue weighted by Crippen LogP contribution is 2.05. The number of rotatable bonds is 6. The predicted molar refractivity (Wildman–Crippen MR) is 80.2 cm³/mol. The molecule has 0 radical (unpaired) electrons. The van der Waals surface area contributed by atoms with Gasteiger partial charge in [-0.15, -0.1) is 6.42 Å². The van der Waals surface area contributed by atoms with E-state index in [-0.39, 0.29) is 11.9 Å². The van der Waals surface area contributed by atoms with Crippen molar-refractivity contribution < 1.29 is 9.90 Å². The molecule has 1 heterocycles. The van der Waals surface area contributed by atoms with E-state index in [4.69, 9.17) is 6.42 Å². The lowest BCUT2D eigenvalue weighted by molar-refractivity contribution is -0.134. The second-order valence-corrected chi connectivity index (χ2v) is 5.73. The molecule has 5 heteroatoms. The molecule has 0 bridgehead atoms. The molecule has 0 aromatic rings. The van der Waals surface area contributed by atoms with E-state index in [0.29, 0.717) is 19.6 Å². The van der Waals surface area contributed by atoms with Gasteiger partial charge in [-0.1, -0.05) is 5.92 Å². The number of aliphatic hydroxyl groups is 1. The molecule has 1 rings (SSSR count). The summed E-state index contributed by atoms with van der Waals surface area (Å²) in [7, 11) is 0. The van der Waals surface area contributed by atoms with Crippen LogP contribution in [-0.2, 0) is 4.79 Å². The van der Waals surface area contributed by atoms with E-state index < -0.39 is 6.10 Å². The zero-order valence-electron chi connectivity index (χ0n) is 12.9. The molecule has 0 aromatic carbocycles. The molecule has 0 aromatic heterocycles. The zero-order valence-corrected chi connectivity index (χ0v) is 12.9. The maximum Gasteiger partial charge on any atom is 0.236 e. The predicted octanol–water partition coefficient (Wildman–Crippen LogP) is -0.145. The first-order valence-corrected chi connectivity index (χ1v) is 7.29. The van der Waals surface area contributed by atoms with Crippen molar-refractivity contribution in [1.82, 2.24) is 14.7 Å². The molecule has 1 N–H and O–H groups in total. The van der Waals surface area contributed by atoms with Crippen LogP contribution >= 0.6 is 0 Å². The standard InChI is InChI=1S/C15H27N3O2/c1-5-6-16-7-9-17(10-8-16)15(20)12-18(13(2)3)11-14(4)19/h1,13-14,19H,6-12H2,2-4H3. The molecule has 1 aliphatic rings. The molecule has 20 heavy (non-hydrogen) atoms. The third-order valence-corrected chi connectivity index (χ3v) is 3.61. The van der Waals surface area contributed by atoms with E-state index in [9.17, 15) is 9.90 Å². The Balaban J connectivity index is 2.44. The van der Waals surface area contributed by atoms with Crippen LogP contribution in [0.15, 0.2) is 0 Å². The fourth-order valence-corrected chi connectivity index (χ4v) is 2.36. The van der Waals surface area contributed by atoms with Crippen molar-refractivity contribution in [3.63, 3.8) is 0 Å². The third kappa shape index (κ3) is 5.49. The maximum atomic E-state index is 12.3. The van der Waals surface area contributed by atoms with Crippen molar-refractivity contribution in [3.05, 3.63) is 0 Å².